The summed E-state index contributed by atoms with van der Waals surface area (Å²) in [7, 11) is 1.61. The molecular weight excluding hydrogens is 602 g/mol. The Morgan fingerprint density at radius 3 is 2.68 bits per heavy atom. The predicted octanol–water partition coefficient (Wildman–Crippen LogP) is 2.36. The molecule has 0 spiro atoms. The lowest BCUT2D eigenvalue weighted by Crippen LogP contribution is -2.40. The number of nitrogens with two attached hydrogens (primary N) is 1. The fourth-order valence-corrected chi connectivity index (χ4v) is 4.62. The van der Waals surface area contributed by atoms with E-state index >= 15 is 0 Å². The Morgan fingerprint density at radius 2 is 1.98 bits per heavy atom. The van der Waals surface area contributed by atoms with Gasteiger partial charge in [-0.15, -0.1) is 0 Å². The Kier molecular flexibility index (Phi) is 11.7. The number of nitrogens with one attached hydrogen (secondary N) is 4. The van der Waals surface area contributed by atoms with Gasteiger partial charge in [-0.25, -0.2) is 4.98 Å². The van der Waals surface area contributed by atoms with Crippen molar-refractivity contribution in [2.24, 2.45) is 5.73 Å². The second-order valence-electron chi connectivity index (χ2n) is 9.42. The molecule has 236 valence electrons. The number of carbonyl (C=O) groups is 3. The summed E-state index contributed by atoms with van der Waals surface area (Å²) in [6.45, 7) is 0.949. The van der Waals surface area contributed by atoms with Crippen LogP contribution in [0.15, 0.2) is 42.6 Å². The monoisotopic (exact) mass is 634 g/mol. The zero-order valence-corrected chi connectivity index (χ0v) is 24.5. The van der Waals surface area contributed by atoms with Crippen molar-refractivity contribution in [1.82, 2.24) is 25.4 Å². The van der Waals surface area contributed by atoms with E-state index in [1.54, 1.807) is 48.4 Å². The van der Waals surface area contributed by atoms with Gasteiger partial charge in [-0.05, 0) is 24.6 Å². The van der Waals surface area contributed by atoms with Crippen LogP contribution in [0.5, 0.6) is 5.88 Å². The zero-order valence-electron chi connectivity index (χ0n) is 23.7. The topological polar surface area (TPSA) is 186 Å². The van der Waals surface area contributed by atoms with Crippen LogP contribution in [0.25, 0.3) is 11.3 Å². The average molecular weight is 635 g/mol. The lowest BCUT2D eigenvalue weighted by atomic mass is 10.1. The van der Waals surface area contributed by atoms with Crippen molar-refractivity contribution in [3.8, 4) is 17.1 Å². The molecule has 0 aliphatic carbocycles. The molecule has 0 saturated carbocycles. The molecule has 1 atom stereocenters. The van der Waals surface area contributed by atoms with Crippen molar-refractivity contribution in [2.45, 2.75) is 18.3 Å². The largest absolute Gasteiger partial charge is 0.475 e. The number of ether oxygens (including phenoxy) is 3. The van der Waals surface area contributed by atoms with E-state index in [1.807, 2.05) is 0 Å². The maximum Gasteiger partial charge on any atom is 0.302 e. The van der Waals surface area contributed by atoms with Crippen LogP contribution >= 0.6 is 11.9 Å². The number of alkyl halides is 2. The van der Waals surface area contributed by atoms with Gasteiger partial charge in [-0.1, -0.05) is 12.1 Å². The molecule has 1 aromatic carbocycles. The van der Waals surface area contributed by atoms with E-state index in [0.717, 1.165) is 6.42 Å². The number of anilines is 3. The molecule has 3 amide bonds. The van der Waals surface area contributed by atoms with Crippen LogP contribution in [0.3, 0.4) is 0 Å². The third-order valence-corrected chi connectivity index (χ3v) is 6.95. The minimum atomic E-state index is -2.57. The van der Waals surface area contributed by atoms with E-state index in [1.165, 1.54) is 6.20 Å². The highest BCUT2D eigenvalue weighted by Crippen LogP contribution is 2.30. The van der Waals surface area contributed by atoms with Gasteiger partial charge in [0.25, 0.3) is 5.91 Å². The molecule has 0 bridgehead atoms. The van der Waals surface area contributed by atoms with Gasteiger partial charge in [0.2, 0.25) is 17.7 Å². The van der Waals surface area contributed by atoms with E-state index in [0.29, 0.717) is 30.0 Å². The molecule has 1 fully saturated rings. The maximum atomic E-state index is 12.4. The lowest BCUT2D eigenvalue weighted by Gasteiger charge is -2.16. The summed E-state index contributed by atoms with van der Waals surface area (Å²) in [5.74, 6) is -3.43. The van der Waals surface area contributed by atoms with Gasteiger partial charge in [-0.3, -0.25) is 19.5 Å². The quantitative estimate of drug-likeness (QED) is 0.115. The summed E-state index contributed by atoms with van der Waals surface area (Å²) >= 11 is 0.273. The molecule has 6 N–H and O–H groups in total. The summed E-state index contributed by atoms with van der Waals surface area (Å²) in [5.41, 5.74) is 7.52. The lowest BCUT2D eigenvalue weighted by molar-refractivity contribution is -0.133. The number of benzene rings is 1. The third-order valence-electron chi connectivity index (χ3n) is 6.42. The average Bonchev–Trinajstić information content (AvgIpc) is 3.67. The number of likely N-dealkylation sites (tertiary alicyclic amines) is 1. The molecule has 1 aliphatic rings. The number of halogens is 2. The molecular formula is C27H32F2N8O6S. The minimum Gasteiger partial charge on any atom is -0.475 e. The predicted molar refractivity (Wildman–Crippen MR) is 159 cm³/mol. The molecule has 14 nitrogen and oxygen atoms in total. The van der Waals surface area contributed by atoms with Crippen molar-refractivity contribution >= 4 is 46.9 Å². The molecule has 1 aliphatic heterocycles. The van der Waals surface area contributed by atoms with E-state index in [9.17, 15) is 23.2 Å². The number of amides is 3. The van der Waals surface area contributed by atoms with Crippen LogP contribution in [0.1, 0.15) is 16.8 Å². The second kappa shape index (κ2) is 15.8. The number of methoxy groups -OCH3 is 1. The second-order valence-corrected chi connectivity index (χ2v) is 10.2. The maximum absolute atomic E-state index is 12.4. The number of nitrogens with zero attached hydrogens (tertiary/aromatic N) is 3. The molecule has 4 rings (SSSR count). The molecule has 0 radical (unpaired) electrons. The van der Waals surface area contributed by atoms with Crippen LogP contribution in [-0.2, 0) is 19.1 Å². The highest BCUT2D eigenvalue weighted by atomic mass is 32.2. The Morgan fingerprint density at radius 1 is 1.18 bits per heavy atom. The summed E-state index contributed by atoms with van der Waals surface area (Å²) in [6.07, 6.45) is 2.29. The van der Waals surface area contributed by atoms with E-state index in [-0.39, 0.29) is 73.3 Å². The van der Waals surface area contributed by atoms with Crippen LogP contribution in [-0.4, -0.2) is 96.2 Å². The number of aromatic nitrogens is 3. The van der Waals surface area contributed by atoms with Crippen molar-refractivity contribution in [2.75, 3.05) is 56.6 Å². The molecule has 1 unspecified atom stereocenters. The van der Waals surface area contributed by atoms with Crippen LogP contribution in [0.2, 0.25) is 0 Å². The fourth-order valence-electron chi connectivity index (χ4n) is 4.25. The first-order valence-electron chi connectivity index (χ1n) is 13.4. The third kappa shape index (κ3) is 9.26. The van der Waals surface area contributed by atoms with Gasteiger partial charge in [0, 0.05) is 61.3 Å². The van der Waals surface area contributed by atoms with Gasteiger partial charge < -0.3 is 40.2 Å². The standard InChI is InChI=1S/C27H32F2N8O6S/c1-41-19-7-9-37(14-19)22(39)13-32-20(38)15-42-10-11-43-21-12-18(6-8-31-21)33-26-23(25(30)40)24(34-35-26)16-2-4-17(5-3-16)36-44-27(28)29/h2-6,8,12,19,27,36H,7,9-11,13-15H2,1H3,(H2,30,40)(H,32,38)(H2,31,33,34,35). The first-order chi connectivity index (χ1) is 21.2. The first-order valence-corrected chi connectivity index (χ1v) is 14.3. The summed E-state index contributed by atoms with van der Waals surface area (Å²) in [6, 6.07) is 9.62. The summed E-state index contributed by atoms with van der Waals surface area (Å²) in [4.78, 5) is 42.3. The van der Waals surface area contributed by atoms with Crippen LogP contribution in [0.4, 0.5) is 26.0 Å². The highest BCUT2D eigenvalue weighted by molar-refractivity contribution is 8.00. The van der Waals surface area contributed by atoms with Crippen molar-refractivity contribution in [1.29, 1.82) is 0 Å². The van der Waals surface area contributed by atoms with Gasteiger partial charge >= 0.3 is 5.76 Å². The molecule has 2 aromatic heterocycles. The van der Waals surface area contributed by atoms with E-state index in [2.05, 4.69) is 30.5 Å². The normalized spacial score (nSPS) is 14.5. The Bertz CT molecular complexity index is 1430. The van der Waals surface area contributed by atoms with Crippen LogP contribution in [0, 0.1) is 0 Å². The summed E-state index contributed by atoms with van der Waals surface area (Å²) in [5, 5.41) is 12.5. The first kappa shape index (κ1) is 32.4. The van der Waals surface area contributed by atoms with Crippen molar-refractivity contribution < 1.29 is 37.4 Å². The summed E-state index contributed by atoms with van der Waals surface area (Å²) < 4.78 is 43.5. The zero-order chi connectivity index (χ0) is 31.5. The van der Waals surface area contributed by atoms with Gasteiger partial charge in [-0.2, -0.15) is 13.9 Å². The number of aromatic amines is 1. The Labute approximate surface area is 255 Å². The van der Waals surface area contributed by atoms with Crippen molar-refractivity contribution in [3.05, 3.63) is 48.2 Å². The van der Waals surface area contributed by atoms with Crippen molar-refractivity contribution in [3.63, 3.8) is 0 Å². The number of primary amides is 1. The van der Waals surface area contributed by atoms with E-state index in [4.69, 9.17) is 19.9 Å². The molecule has 1 saturated heterocycles. The van der Waals surface area contributed by atoms with Gasteiger partial charge in [0.05, 0.1) is 19.3 Å². The molecule has 3 heterocycles. The number of hydrogen-bond acceptors (Lipinski definition) is 11. The smallest absolute Gasteiger partial charge is 0.302 e. The SMILES string of the molecule is COC1CCN(C(=O)CNC(=O)COCCOc2cc(Nc3[nH]nc(-c4ccc(NSC(F)F)cc4)c3C(N)=O)ccn2)C1. The van der Waals surface area contributed by atoms with Gasteiger partial charge in [0.1, 0.15) is 30.3 Å². The van der Waals surface area contributed by atoms with Gasteiger partial charge in [0.15, 0.2) is 0 Å². The number of pyridine rings is 1. The van der Waals surface area contributed by atoms with E-state index < -0.39 is 17.6 Å². The molecule has 44 heavy (non-hydrogen) atoms. The number of rotatable bonds is 16. The number of H-pyrrole nitrogens is 1. The minimum absolute atomic E-state index is 0.0254. The fraction of sp³-hybridized carbons (Fsp3) is 0.370. The molecule has 17 heteroatoms. The highest BCUT2D eigenvalue weighted by Gasteiger charge is 2.26. The Hall–Kier alpha value is -4.48. The number of hydrogen-bond donors (Lipinski definition) is 5. The van der Waals surface area contributed by atoms with Crippen LogP contribution < -0.4 is 25.8 Å². The number of carbonyl (C=O) groups excluding carboxylic acids is 3. The molecule has 3 aromatic rings. The Balaban J connectivity index is 1.23.